The Labute approximate surface area is 152 Å². The lowest BCUT2D eigenvalue weighted by atomic mass is 10.1. The summed E-state index contributed by atoms with van der Waals surface area (Å²) >= 11 is 5.78. The van der Waals surface area contributed by atoms with Crippen molar-refractivity contribution in [3.8, 4) is 5.75 Å². The molecule has 0 atom stereocenters. The molecule has 0 aliphatic rings. The topological polar surface area (TPSA) is 90.9 Å². The Kier molecular flexibility index (Phi) is 6.13. The van der Waals surface area contributed by atoms with Gasteiger partial charge in [0.15, 0.2) is 5.75 Å². The number of esters is 2. The van der Waals surface area contributed by atoms with Crippen LogP contribution in [0.4, 0.5) is 14.9 Å². The highest BCUT2D eigenvalue weighted by Crippen LogP contribution is 2.25. The summed E-state index contributed by atoms with van der Waals surface area (Å²) in [7, 11) is 2.34. The van der Waals surface area contributed by atoms with Crippen LogP contribution in [0.15, 0.2) is 36.4 Å². The predicted octanol–water partition coefficient (Wildman–Crippen LogP) is 3.66. The van der Waals surface area contributed by atoms with Crippen LogP contribution in [0.25, 0.3) is 0 Å². The van der Waals surface area contributed by atoms with E-state index in [1.54, 1.807) is 0 Å². The van der Waals surface area contributed by atoms with Gasteiger partial charge in [-0.05, 0) is 36.4 Å². The zero-order chi connectivity index (χ0) is 19.3. The lowest BCUT2D eigenvalue weighted by Gasteiger charge is -2.10. The van der Waals surface area contributed by atoms with Crippen LogP contribution in [-0.2, 0) is 9.47 Å². The van der Waals surface area contributed by atoms with Crippen LogP contribution >= 0.6 is 11.6 Å². The summed E-state index contributed by atoms with van der Waals surface area (Å²) < 4.78 is 27.2. The fourth-order valence-corrected chi connectivity index (χ4v) is 2.18. The molecule has 0 aromatic heterocycles. The van der Waals surface area contributed by atoms with E-state index < -0.39 is 23.8 Å². The summed E-state index contributed by atoms with van der Waals surface area (Å²) in [5.74, 6) is -2.08. The van der Waals surface area contributed by atoms with Gasteiger partial charge in [-0.1, -0.05) is 11.6 Å². The van der Waals surface area contributed by atoms with Crippen molar-refractivity contribution < 1.29 is 33.0 Å². The first kappa shape index (κ1) is 19.2. The quantitative estimate of drug-likeness (QED) is 0.813. The third kappa shape index (κ3) is 4.70. The molecule has 26 heavy (non-hydrogen) atoms. The first-order valence-corrected chi connectivity index (χ1v) is 7.47. The van der Waals surface area contributed by atoms with Crippen molar-refractivity contribution in [2.24, 2.45) is 0 Å². The van der Waals surface area contributed by atoms with Gasteiger partial charge in [0.05, 0.1) is 30.4 Å². The molecule has 0 saturated heterocycles. The normalized spacial score (nSPS) is 10.0. The number of hydrogen-bond acceptors (Lipinski definition) is 6. The van der Waals surface area contributed by atoms with Gasteiger partial charge in [-0.15, -0.1) is 0 Å². The number of hydrogen-bond donors (Lipinski definition) is 1. The fraction of sp³-hybridized carbons (Fsp3) is 0.118. The largest absolute Gasteiger partial charge is 0.465 e. The van der Waals surface area contributed by atoms with Gasteiger partial charge in [0, 0.05) is 5.69 Å². The fourth-order valence-electron chi connectivity index (χ4n) is 1.97. The van der Waals surface area contributed by atoms with E-state index in [1.807, 2.05) is 0 Å². The van der Waals surface area contributed by atoms with Crippen molar-refractivity contribution >= 4 is 35.3 Å². The molecule has 1 N–H and O–H groups in total. The molecule has 0 aliphatic heterocycles. The van der Waals surface area contributed by atoms with Crippen molar-refractivity contribution in [2.75, 3.05) is 19.5 Å². The Morgan fingerprint density at radius 1 is 0.962 bits per heavy atom. The van der Waals surface area contributed by atoms with Gasteiger partial charge in [0.2, 0.25) is 0 Å². The van der Waals surface area contributed by atoms with Crippen LogP contribution in [0.1, 0.15) is 20.7 Å². The highest BCUT2D eigenvalue weighted by molar-refractivity contribution is 6.32. The van der Waals surface area contributed by atoms with Crippen LogP contribution in [0.3, 0.4) is 0 Å². The van der Waals surface area contributed by atoms with E-state index in [9.17, 15) is 18.8 Å². The van der Waals surface area contributed by atoms with Crippen LogP contribution in [0.2, 0.25) is 5.02 Å². The summed E-state index contributed by atoms with van der Waals surface area (Å²) in [5.41, 5.74) is 0.118. The van der Waals surface area contributed by atoms with Gasteiger partial charge in [0.25, 0.3) is 0 Å². The molecule has 1 amide bonds. The number of halogens is 2. The summed E-state index contributed by atoms with van der Waals surface area (Å²) in [6.45, 7) is 0. The highest BCUT2D eigenvalue weighted by atomic mass is 35.5. The molecular formula is C17H13ClFNO6. The van der Waals surface area contributed by atoms with E-state index in [1.165, 1.54) is 38.5 Å². The van der Waals surface area contributed by atoms with Crippen molar-refractivity contribution in [1.29, 1.82) is 0 Å². The number of carbonyl (C=O) groups is 3. The molecule has 7 nitrogen and oxygen atoms in total. The van der Waals surface area contributed by atoms with E-state index in [4.69, 9.17) is 16.3 Å². The zero-order valence-electron chi connectivity index (χ0n) is 13.7. The van der Waals surface area contributed by atoms with E-state index >= 15 is 0 Å². The maximum atomic E-state index is 13.0. The molecule has 0 bridgehead atoms. The lowest BCUT2D eigenvalue weighted by Crippen LogP contribution is -2.18. The minimum atomic E-state index is -0.962. The zero-order valence-corrected chi connectivity index (χ0v) is 14.4. The third-order valence-corrected chi connectivity index (χ3v) is 3.41. The van der Waals surface area contributed by atoms with Crippen LogP contribution < -0.4 is 10.1 Å². The molecule has 2 rings (SSSR count). The Bertz CT molecular complexity index is 836. The van der Waals surface area contributed by atoms with Crippen molar-refractivity contribution in [3.05, 3.63) is 58.4 Å². The molecule has 0 heterocycles. The SMILES string of the molecule is COC(=O)c1cc(NC(=O)Oc2ccc(F)cc2Cl)cc(C(=O)OC)c1. The standard InChI is InChI=1S/C17H13ClFNO6/c1-24-15(21)9-5-10(16(22)25-2)7-12(6-9)20-17(23)26-14-4-3-11(19)8-13(14)18/h3-8H,1-2H3,(H,20,23). The molecule has 0 radical (unpaired) electrons. The van der Waals surface area contributed by atoms with E-state index in [0.717, 1.165) is 12.1 Å². The van der Waals surface area contributed by atoms with Crippen molar-refractivity contribution in [1.82, 2.24) is 0 Å². The molecular weight excluding hydrogens is 369 g/mol. The molecule has 0 unspecified atom stereocenters. The van der Waals surface area contributed by atoms with Crippen molar-refractivity contribution in [3.63, 3.8) is 0 Å². The minimum absolute atomic E-state index is 0.0190. The molecule has 0 aliphatic carbocycles. The third-order valence-electron chi connectivity index (χ3n) is 3.12. The maximum Gasteiger partial charge on any atom is 0.417 e. The van der Waals surface area contributed by atoms with Crippen molar-refractivity contribution in [2.45, 2.75) is 0 Å². The van der Waals surface area contributed by atoms with Crippen LogP contribution in [-0.4, -0.2) is 32.3 Å². The smallest absolute Gasteiger partial charge is 0.417 e. The minimum Gasteiger partial charge on any atom is -0.465 e. The maximum absolute atomic E-state index is 13.0. The lowest BCUT2D eigenvalue weighted by molar-refractivity contribution is 0.0599. The Morgan fingerprint density at radius 2 is 1.54 bits per heavy atom. The van der Waals surface area contributed by atoms with Crippen LogP contribution in [0.5, 0.6) is 5.75 Å². The van der Waals surface area contributed by atoms with Gasteiger partial charge in [-0.2, -0.15) is 0 Å². The van der Waals surface area contributed by atoms with Gasteiger partial charge < -0.3 is 14.2 Å². The number of nitrogens with one attached hydrogen (secondary N) is 1. The number of anilines is 1. The summed E-state index contributed by atoms with van der Waals surface area (Å²) in [5, 5.41) is 2.24. The Morgan fingerprint density at radius 3 is 2.04 bits per heavy atom. The van der Waals surface area contributed by atoms with Crippen LogP contribution in [0, 0.1) is 5.82 Å². The number of carbonyl (C=O) groups excluding carboxylic acids is 3. The number of ether oxygens (including phenoxy) is 3. The van der Waals surface area contributed by atoms with E-state index in [0.29, 0.717) is 0 Å². The second kappa shape index (κ2) is 8.30. The summed E-state index contributed by atoms with van der Waals surface area (Å²) in [6, 6.07) is 7.06. The van der Waals surface area contributed by atoms with Gasteiger partial charge in [0.1, 0.15) is 5.82 Å². The monoisotopic (exact) mass is 381 g/mol. The Hall–Kier alpha value is -3.13. The molecule has 2 aromatic rings. The molecule has 0 saturated carbocycles. The first-order valence-electron chi connectivity index (χ1n) is 7.09. The predicted molar refractivity (Wildman–Crippen MR) is 90.2 cm³/mol. The van der Waals surface area contributed by atoms with E-state index in [-0.39, 0.29) is 27.6 Å². The average Bonchev–Trinajstić information content (AvgIpc) is 2.62. The number of methoxy groups -OCH3 is 2. The molecule has 9 heteroatoms. The number of rotatable bonds is 4. The second-order valence-corrected chi connectivity index (χ2v) is 5.28. The van der Waals surface area contributed by atoms with E-state index in [2.05, 4.69) is 14.8 Å². The van der Waals surface area contributed by atoms with Gasteiger partial charge >= 0.3 is 18.0 Å². The van der Waals surface area contributed by atoms with Gasteiger partial charge in [-0.3, -0.25) is 5.32 Å². The first-order chi connectivity index (χ1) is 12.3. The number of amides is 1. The summed E-state index contributed by atoms with van der Waals surface area (Å²) in [6.07, 6.45) is -0.962. The molecule has 2 aromatic carbocycles. The second-order valence-electron chi connectivity index (χ2n) is 4.87. The summed E-state index contributed by atoms with van der Waals surface area (Å²) in [4.78, 5) is 35.4. The average molecular weight is 382 g/mol. The van der Waals surface area contributed by atoms with Gasteiger partial charge in [-0.25, -0.2) is 18.8 Å². The Balaban J connectivity index is 2.25. The molecule has 0 fully saturated rings. The molecule has 136 valence electrons. The number of benzene rings is 2. The highest BCUT2D eigenvalue weighted by Gasteiger charge is 2.16. The molecule has 0 spiro atoms.